The Labute approximate surface area is 81.5 Å². The molecule has 1 saturated carbocycles. The van der Waals surface area contributed by atoms with Crippen LogP contribution < -0.4 is 5.73 Å². The fourth-order valence-electron chi connectivity index (χ4n) is 1.52. The molecule has 1 heterocycles. The zero-order valence-electron chi connectivity index (χ0n) is 7.76. The minimum Gasteiger partial charge on any atom is -0.480 e. The van der Waals surface area contributed by atoms with Crippen molar-refractivity contribution in [1.29, 1.82) is 0 Å². The number of hydrogen-bond donors (Lipinski definition) is 2. The quantitative estimate of drug-likeness (QED) is 0.743. The number of carboxylic acid groups (broad SMARTS) is 1. The molecule has 5 nitrogen and oxygen atoms in total. The number of nitrogens with two attached hydrogens (primary N) is 1. The van der Waals surface area contributed by atoms with Crippen molar-refractivity contribution in [2.24, 2.45) is 5.73 Å². The van der Waals surface area contributed by atoms with Gasteiger partial charge in [-0.1, -0.05) is 0 Å². The largest absolute Gasteiger partial charge is 0.480 e. The molecule has 0 radical (unpaired) electrons. The number of hydrogen-bond acceptors (Lipinski definition) is 3. The van der Waals surface area contributed by atoms with Gasteiger partial charge in [-0.2, -0.15) is 0 Å². The van der Waals surface area contributed by atoms with Gasteiger partial charge in [0.15, 0.2) is 0 Å². The highest BCUT2D eigenvalue weighted by Crippen LogP contribution is 2.31. The van der Waals surface area contributed by atoms with Crippen molar-refractivity contribution in [3.8, 4) is 0 Å². The molecule has 76 valence electrons. The molecule has 1 atom stereocenters. The minimum absolute atomic E-state index is 0.435. The Bertz CT molecular complexity index is 344. The average Bonchev–Trinajstić information content (AvgIpc) is 2.48. The zero-order chi connectivity index (χ0) is 10.1. The Morgan fingerprint density at radius 1 is 1.71 bits per heavy atom. The van der Waals surface area contributed by atoms with Gasteiger partial charge in [0.1, 0.15) is 6.04 Å². The third-order valence-electron chi connectivity index (χ3n) is 2.70. The van der Waals surface area contributed by atoms with Crippen LogP contribution in [0, 0.1) is 0 Å². The van der Waals surface area contributed by atoms with Crippen LogP contribution in [0.3, 0.4) is 0 Å². The van der Waals surface area contributed by atoms with E-state index in [1.54, 1.807) is 12.5 Å². The predicted octanol–water partition coefficient (Wildman–Crippen LogP) is 0.692. The van der Waals surface area contributed by atoms with Gasteiger partial charge in [-0.05, 0) is 19.3 Å². The van der Waals surface area contributed by atoms with Crippen LogP contribution in [0.1, 0.15) is 37.0 Å². The molecule has 1 aromatic rings. The Hall–Kier alpha value is -1.36. The van der Waals surface area contributed by atoms with E-state index >= 15 is 0 Å². The van der Waals surface area contributed by atoms with Crippen LogP contribution in [0.4, 0.5) is 0 Å². The first-order chi connectivity index (χ1) is 6.68. The fourth-order valence-corrected chi connectivity index (χ4v) is 1.52. The number of carboxylic acids is 1. The van der Waals surface area contributed by atoms with Crippen molar-refractivity contribution in [1.82, 2.24) is 9.55 Å². The molecule has 0 aromatic carbocycles. The van der Waals surface area contributed by atoms with Gasteiger partial charge in [-0.15, -0.1) is 0 Å². The van der Waals surface area contributed by atoms with Crippen molar-refractivity contribution in [3.05, 3.63) is 18.2 Å². The van der Waals surface area contributed by atoms with Gasteiger partial charge in [-0.3, -0.25) is 4.79 Å². The SMILES string of the molecule is NC(C(=O)O)c1cn(C2CCC2)cn1. The normalized spacial score (nSPS) is 18.9. The lowest BCUT2D eigenvalue weighted by Crippen LogP contribution is -2.21. The van der Waals surface area contributed by atoms with Crippen LogP contribution in [-0.4, -0.2) is 20.6 Å². The van der Waals surface area contributed by atoms with Gasteiger partial charge >= 0.3 is 5.97 Å². The predicted molar refractivity (Wildman–Crippen MR) is 49.7 cm³/mol. The summed E-state index contributed by atoms with van der Waals surface area (Å²) in [5.41, 5.74) is 5.87. The van der Waals surface area contributed by atoms with E-state index in [-0.39, 0.29) is 0 Å². The van der Waals surface area contributed by atoms with E-state index in [0.717, 1.165) is 12.8 Å². The zero-order valence-corrected chi connectivity index (χ0v) is 7.76. The van der Waals surface area contributed by atoms with Crippen molar-refractivity contribution in [2.75, 3.05) is 0 Å². The van der Waals surface area contributed by atoms with Crippen molar-refractivity contribution < 1.29 is 9.90 Å². The number of imidazole rings is 1. The van der Waals surface area contributed by atoms with Crippen LogP contribution in [-0.2, 0) is 4.79 Å². The summed E-state index contributed by atoms with van der Waals surface area (Å²) in [4.78, 5) is 14.6. The lowest BCUT2D eigenvalue weighted by molar-refractivity contribution is -0.138. The van der Waals surface area contributed by atoms with Crippen LogP contribution in [0.25, 0.3) is 0 Å². The number of nitrogens with zero attached hydrogens (tertiary/aromatic N) is 2. The van der Waals surface area contributed by atoms with Crippen molar-refractivity contribution in [2.45, 2.75) is 31.3 Å². The summed E-state index contributed by atoms with van der Waals surface area (Å²) in [6.45, 7) is 0. The highest BCUT2D eigenvalue weighted by molar-refractivity contribution is 5.74. The summed E-state index contributed by atoms with van der Waals surface area (Å²) in [5, 5.41) is 8.68. The summed E-state index contributed by atoms with van der Waals surface area (Å²) in [6, 6.07) is -0.506. The van der Waals surface area contributed by atoms with Gasteiger partial charge < -0.3 is 15.4 Å². The van der Waals surface area contributed by atoms with Crippen molar-refractivity contribution >= 4 is 5.97 Å². The molecular formula is C9H13N3O2. The lowest BCUT2D eigenvalue weighted by atomic mass is 9.93. The summed E-state index contributed by atoms with van der Waals surface area (Å²) < 4.78 is 1.96. The molecule has 1 aliphatic rings. The second-order valence-corrected chi connectivity index (χ2v) is 3.65. The third-order valence-corrected chi connectivity index (χ3v) is 2.70. The number of aromatic nitrogens is 2. The Balaban J connectivity index is 2.12. The average molecular weight is 195 g/mol. The summed E-state index contributed by atoms with van der Waals surface area (Å²) in [7, 11) is 0. The highest BCUT2D eigenvalue weighted by atomic mass is 16.4. The smallest absolute Gasteiger partial charge is 0.326 e. The maximum absolute atomic E-state index is 10.6. The Morgan fingerprint density at radius 2 is 2.43 bits per heavy atom. The van der Waals surface area contributed by atoms with E-state index in [4.69, 9.17) is 10.8 Å². The third kappa shape index (κ3) is 1.50. The first-order valence-corrected chi connectivity index (χ1v) is 4.70. The van der Waals surface area contributed by atoms with E-state index in [1.165, 1.54) is 6.42 Å². The molecule has 2 rings (SSSR count). The molecule has 14 heavy (non-hydrogen) atoms. The van der Waals surface area contributed by atoms with E-state index in [1.807, 2.05) is 4.57 Å². The number of rotatable bonds is 3. The second kappa shape index (κ2) is 3.42. The van der Waals surface area contributed by atoms with E-state index in [2.05, 4.69) is 4.98 Å². The van der Waals surface area contributed by atoms with Gasteiger partial charge in [0, 0.05) is 12.2 Å². The minimum atomic E-state index is -1.04. The number of carbonyl (C=O) groups is 1. The molecule has 0 spiro atoms. The molecule has 1 aromatic heterocycles. The van der Waals surface area contributed by atoms with Gasteiger partial charge in [-0.25, -0.2) is 4.98 Å². The molecule has 1 fully saturated rings. The van der Waals surface area contributed by atoms with E-state index in [0.29, 0.717) is 11.7 Å². The number of aliphatic carboxylic acids is 1. The molecular weight excluding hydrogens is 182 g/mol. The summed E-state index contributed by atoms with van der Waals surface area (Å²) in [6.07, 6.45) is 6.95. The molecule has 0 amide bonds. The Morgan fingerprint density at radius 3 is 2.93 bits per heavy atom. The molecule has 0 saturated heterocycles. The molecule has 1 aliphatic carbocycles. The van der Waals surface area contributed by atoms with Crippen LogP contribution in [0.15, 0.2) is 12.5 Å². The van der Waals surface area contributed by atoms with E-state index in [9.17, 15) is 4.79 Å². The standard InChI is InChI=1S/C9H13N3O2/c10-8(9(13)14)7-4-12(5-11-7)6-2-1-3-6/h4-6,8H,1-3,10H2,(H,13,14). The molecule has 3 N–H and O–H groups in total. The van der Waals surface area contributed by atoms with E-state index < -0.39 is 12.0 Å². The molecule has 5 heteroatoms. The van der Waals surface area contributed by atoms with Gasteiger partial charge in [0.25, 0.3) is 0 Å². The first kappa shape index (κ1) is 9.21. The maximum Gasteiger partial charge on any atom is 0.326 e. The fraction of sp³-hybridized carbons (Fsp3) is 0.556. The highest BCUT2D eigenvalue weighted by Gasteiger charge is 2.22. The molecule has 1 unspecified atom stereocenters. The maximum atomic E-state index is 10.6. The first-order valence-electron chi connectivity index (χ1n) is 4.70. The summed E-state index contributed by atoms with van der Waals surface area (Å²) >= 11 is 0. The van der Waals surface area contributed by atoms with Crippen molar-refractivity contribution in [3.63, 3.8) is 0 Å². The lowest BCUT2D eigenvalue weighted by Gasteiger charge is -2.26. The molecule has 0 aliphatic heterocycles. The van der Waals surface area contributed by atoms with Crippen LogP contribution in [0.2, 0.25) is 0 Å². The van der Waals surface area contributed by atoms with Crippen LogP contribution >= 0.6 is 0 Å². The van der Waals surface area contributed by atoms with Gasteiger partial charge in [0.2, 0.25) is 0 Å². The molecule has 0 bridgehead atoms. The summed E-state index contributed by atoms with van der Waals surface area (Å²) in [5.74, 6) is -1.04. The second-order valence-electron chi connectivity index (χ2n) is 3.65. The van der Waals surface area contributed by atoms with Gasteiger partial charge in [0.05, 0.1) is 12.0 Å². The topological polar surface area (TPSA) is 81.1 Å². The monoisotopic (exact) mass is 195 g/mol. The van der Waals surface area contributed by atoms with Crippen LogP contribution in [0.5, 0.6) is 0 Å². The Kier molecular flexibility index (Phi) is 2.25.